The lowest BCUT2D eigenvalue weighted by Crippen LogP contribution is -2.31. The highest BCUT2D eigenvalue weighted by Gasteiger charge is 2.42. The monoisotopic (exact) mass is 1580 g/mol. The number of benzene rings is 18. The number of aryl methyl sites for hydroxylation is 2. The van der Waals surface area contributed by atoms with Crippen LogP contribution in [0.4, 0.5) is 0 Å². The van der Waals surface area contributed by atoms with Gasteiger partial charge in [0, 0.05) is 0 Å². The van der Waals surface area contributed by atoms with E-state index in [2.05, 4.69) is 305 Å². The summed E-state index contributed by atoms with van der Waals surface area (Å²) in [5.41, 5.74) is 23.8. The van der Waals surface area contributed by atoms with Crippen LogP contribution in [0, 0.1) is 13.8 Å². The van der Waals surface area contributed by atoms with E-state index in [0.717, 1.165) is 132 Å². The van der Waals surface area contributed by atoms with Crippen molar-refractivity contribution >= 4 is 43.1 Å². The average molecular weight is 1580 g/mol. The highest BCUT2D eigenvalue weighted by Crippen LogP contribution is 2.50. The Labute approximate surface area is 708 Å². The molecule has 121 heavy (non-hydrogen) atoms. The quantitative estimate of drug-likeness (QED) is 0.0330. The van der Waals surface area contributed by atoms with E-state index in [0.29, 0.717) is 0 Å². The third kappa shape index (κ3) is 16.7. The number of hydrogen-bond acceptors (Lipinski definition) is 8. The Morgan fingerprint density at radius 2 is 0.380 bits per heavy atom. The lowest BCUT2D eigenvalue weighted by molar-refractivity contribution is 0.280. The van der Waals surface area contributed by atoms with Crippen LogP contribution in [-0.4, -0.2) is 40.9 Å². The highest BCUT2D eigenvalue weighted by molar-refractivity contribution is 6.08. The molecule has 0 fully saturated rings. The van der Waals surface area contributed by atoms with Gasteiger partial charge in [-0.3, -0.25) is 0 Å². The predicted octanol–water partition coefficient (Wildman–Crippen LogP) is 22.7. The summed E-state index contributed by atoms with van der Waals surface area (Å²) in [7, 11) is 0. The van der Waals surface area contributed by atoms with Gasteiger partial charge in [-0.05, 0) is 215 Å². The third-order valence-electron chi connectivity index (χ3n) is 23.9. The van der Waals surface area contributed by atoms with Crippen molar-refractivity contribution in [2.75, 3.05) is 0 Å². The second kappa shape index (κ2) is 38.2. The first kappa shape index (κ1) is 82.8. The molecular weight excluding hydrogens is 1490 g/mol. The van der Waals surface area contributed by atoms with Crippen molar-refractivity contribution in [3.05, 3.63) is 535 Å². The molecule has 0 saturated carbocycles. The Balaban J connectivity index is 0.000000127. The first-order chi connectivity index (χ1) is 59.4. The van der Waals surface area contributed by atoms with Crippen LogP contribution in [0.1, 0.15) is 122 Å². The first-order valence-corrected chi connectivity index (χ1v) is 41.1. The zero-order valence-corrected chi connectivity index (χ0v) is 68.0. The molecule has 0 amide bonds. The number of aliphatic hydroxyl groups is 8. The summed E-state index contributed by atoms with van der Waals surface area (Å²) in [6.07, 6.45) is 0. The molecule has 0 aliphatic carbocycles. The lowest BCUT2D eigenvalue weighted by Gasteiger charge is -2.37. The predicted molar refractivity (Wildman–Crippen MR) is 493 cm³/mol. The van der Waals surface area contributed by atoms with Crippen LogP contribution in [0.3, 0.4) is 0 Å². The van der Waals surface area contributed by atoms with Gasteiger partial charge in [0.25, 0.3) is 0 Å². The minimum atomic E-state index is -0.545. The minimum absolute atomic E-state index is 0.0230. The van der Waals surface area contributed by atoms with Gasteiger partial charge in [-0.1, -0.05) is 388 Å². The summed E-state index contributed by atoms with van der Waals surface area (Å²) < 4.78 is 0. The molecule has 0 radical (unpaired) electrons. The molecule has 0 aliphatic heterocycles. The van der Waals surface area contributed by atoms with Crippen LogP contribution in [0.5, 0.6) is 0 Å². The average Bonchev–Trinajstić information content (AvgIpc) is 0.731. The number of aliphatic hydroxyl groups excluding tert-OH is 8. The standard InChI is InChI=1S/C35H28O2.C29H28O2.C27H24O2.C22H18O2/c36-23-25-11-13-29-21-33(17-15-27(29)19-25)35(31-7-3-1-4-8-31,32-9-5-2-6-10-32)34-18-16-28-20-26(24-37)12-14-30(28)22-34;1-21-17-27(15-13-23(21)19-30)29(25-9-5-3-6-10-25,26-11-7-4-8-12-26)28-16-14-24(20-31)22(2)18-28;28-19-21-11-15-25(16-12-21)27(23-7-3-1-4-8-23,24-9-5-2-6-10-24)26-17-13-22(20-29)14-18-26;23-13-17-11-9-15-5-1-3-7-19(15)21(17)22-18(14-24)12-10-16-6-2-4-8-20(16)22/h1-22,36-37H,23-24H2;3-18,30-31H,19-20H2,1-2H3;1-18,28-29H,19-20H2;1-12,23-24H,13-14H2. The molecule has 0 aromatic heterocycles. The number of hydrogen-bond donors (Lipinski definition) is 8. The SMILES string of the molecule is Cc1cc(C(c2ccccc2)(c2ccccc2)c2ccc(CO)c(C)c2)ccc1CO.OCc1ccc(C(c2ccccc2)(c2ccccc2)c2ccc(CO)cc2)cc1.OCc1ccc2cc(C(c3ccccc3)(c3ccccc3)c3ccc4cc(CO)ccc4c3)ccc2c1.OCc1ccc2ccccc2c1-c1c(CO)ccc2ccccc12. The van der Waals surface area contributed by atoms with E-state index in [9.17, 15) is 40.9 Å². The van der Waals surface area contributed by atoms with E-state index in [1.54, 1.807) is 0 Å². The van der Waals surface area contributed by atoms with Gasteiger partial charge in [-0.25, -0.2) is 0 Å². The summed E-state index contributed by atoms with van der Waals surface area (Å²) >= 11 is 0. The van der Waals surface area contributed by atoms with E-state index >= 15 is 0 Å². The van der Waals surface area contributed by atoms with Crippen molar-refractivity contribution < 1.29 is 40.9 Å². The van der Waals surface area contributed by atoms with E-state index in [4.69, 9.17) is 0 Å². The van der Waals surface area contributed by atoms with Crippen molar-refractivity contribution in [3.8, 4) is 11.1 Å². The van der Waals surface area contributed by atoms with Crippen LogP contribution < -0.4 is 0 Å². The topological polar surface area (TPSA) is 162 Å². The Kier molecular flexibility index (Phi) is 26.1. The largest absolute Gasteiger partial charge is 0.392 e. The van der Waals surface area contributed by atoms with Gasteiger partial charge < -0.3 is 40.9 Å². The molecule has 0 heterocycles. The molecule has 0 spiro atoms. The van der Waals surface area contributed by atoms with Crippen LogP contribution in [-0.2, 0) is 69.1 Å². The van der Waals surface area contributed by atoms with E-state index < -0.39 is 16.2 Å². The maximum absolute atomic E-state index is 9.91. The third-order valence-corrected chi connectivity index (χ3v) is 23.9. The summed E-state index contributed by atoms with van der Waals surface area (Å²) in [6.45, 7) is 4.20. The molecule has 0 saturated heterocycles. The Hall–Kier alpha value is -13.3. The molecule has 8 nitrogen and oxygen atoms in total. The lowest BCUT2D eigenvalue weighted by atomic mass is 9.64. The molecule has 8 N–H and O–H groups in total. The second-order valence-electron chi connectivity index (χ2n) is 30.8. The molecule has 18 aromatic rings. The molecule has 598 valence electrons. The number of rotatable bonds is 21. The van der Waals surface area contributed by atoms with Crippen molar-refractivity contribution in [3.63, 3.8) is 0 Å². The summed E-state index contributed by atoms with van der Waals surface area (Å²) in [4.78, 5) is 0. The molecular formula is C113H98O8. The normalized spacial score (nSPS) is 11.5. The number of fused-ring (bicyclic) bond motifs is 4. The Morgan fingerprint density at radius 3 is 0.669 bits per heavy atom. The molecule has 0 aliphatic rings. The molecule has 0 atom stereocenters. The van der Waals surface area contributed by atoms with Crippen molar-refractivity contribution in [1.29, 1.82) is 0 Å². The smallest absolute Gasteiger partial charge is 0.0702 e. The fourth-order valence-corrected chi connectivity index (χ4v) is 17.8. The van der Waals surface area contributed by atoms with Crippen LogP contribution in [0.2, 0.25) is 0 Å². The summed E-state index contributed by atoms with van der Waals surface area (Å²) in [5, 5.41) is 86.5. The van der Waals surface area contributed by atoms with Gasteiger partial charge in [-0.15, -0.1) is 0 Å². The zero-order valence-electron chi connectivity index (χ0n) is 68.0. The Morgan fingerprint density at radius 1 is 0.165 bits per heavy atom. The van der Waals surface area contributed by atoms with E-state index in [1.807, 2.05) is 121 Å². The van der Waals surface area contributed by atoms with Crippen LogP contribution in [0.15, 0.2) is 413 Å². The van der Waals surface area contributed by atoms with Gasteiger partial charge >= 0.3 is 0 Å². The Bertz CT molecular complexity index is 6100. The van der Waals surface area contributed by atoms with Gasteiger partial charge in [-0.2, -0.15) is 0 Å². The fraction of sp³-hybridized carbons (Fsp3) is 0.115. The second-order valence-corrected chi connectivity index (χ2v) is 30.8. The minimum Gasteiger partial charge on any atom is -0.392 e. The molecule has 0 bridgehead atoms. The van der Waals surface area contributed by atoms with Crippen LogP contribution in [0.25, 0.3) is 54.2 Å². The van der Waals surface area contributed by atoms with Crippen molar-refractivity contribution in [1.82, 2.24) is 0 Å². The molecule has 18 rings (SSSR count). The van der Waals surface area contributed by atoms with Crippen molar-refractivity contribution in [2.24, 2.45) is 0 Å². The maximum Gasteiger partial charge on any atom is 0.0702 e. The van der Waals surface area contributed by atoms with Gasteiger partial charge in [0.1, 0.15) is 0 Å². The van der Waals surface area contributed by atoms with E-state index in [-0.39, 0.29) is 52.9 Å². The molecule has 8 heteroatoms. The van der Waals surface area contributed by atoms with Gasteiger partial charge in [0.2, 0.25) is 0 Å². The molecule has 18 aromatic carbocycles. The van der Waals surface area contributed by atoms with Crippen LogP contribution >= 0.6 is 0 Å². The molecule has 0 unspecified atom stereocenters. The van der Waals surface area contributed by atoms with Gasteiger partial charge in [0.05, 0.1) is 69.1 Å². The van der Waals surface area contributed by atoms with Gasteiger partial charge in [0.15, 0.2) is 0 Å². The first-order valence-electron chi connectivity index (χ1n) is 41.1. The summed E-state index contributed by atoms with van der Waals surface area (Å²) in [5.74, 6) is 0. The van der Waals surface area contributed by atoms with E-state index in [1.165, 1.54) is 44.5 Å². The van der Waals surface area contributed by atoms with Crippen molar-refractivity contribution in [2.45, 2.75) is 82.9 Å². The maximum atomic E-state index is 9.91. The summed E-state index contributed by atoms with van der Waals surface area (Å²) in [6, 6.07) is 143. The zero-order chi connectivity index (χ0) is 83.7. The fourth-order valence-electron chi connectivity index (χ4n) is 17.8. The highest BCUT2D eigenvalue weighted by atomic mass is 16.3.